The Labute approximate surface area is 132 Å². The van der Waals surface area contributed by atoms with Crippen molar-refractivity contribution in [2.24, 2.45) is 0 Å². The number of pyridine rings is 1. The van der Waals surface area contributed by atoms with Crippen LogP contribution < -0.4 is 0 Å². The van der Waals surface area contributed by atoms with Crippen LogP contribution in [0.5, 0.6) is 0 Å². The van der Waals surface area contributed by atoms with Gasteiger partial charge in [0.1, 0.15) is 5.03 Å². The van der Waals surface area contributed by atoms with Gasteiger partial charge in [0.15, 0.2) is 9.84 Å². The molecule has 21 heavy (non-hydrogen) atoms. The fourth-order valence-corrected chi connectivity index (χ4v) is 4.18. The van der Waals surface area contributed by atoms with Crippen molar-refractivity contribution < 1.29 is 13.2 Å². The van der Waals surface area contributed by atoms with Gasteiger partial charge in [-0.05, 0) is 48.4 Å². The lowest BCUT2D eigenvalue weighted by atomic mass is 10.1. The fraction of sp³-hybridized carbons (Fsp3) is 0.143. The van der Waals surface area contributed by atoms with E-state index < -0.39 is 15.1 Å². The standard InChI is InChI=1S/C14H12ClNO3S2/c1-9-7-11(20-13-5-3-4-6-16-13)12(21(2,18)19)8-10(9)14(15)17/h3-8H,1-2H3. The molecule has 2 rings (SSSR count). The third-order valence-electron chi connectivity index (χ3n) is 2.75. The molecule has 7 heteroatoms. The van der Waals surface area contributed by atoms with E-state index in [0.29, 0.717) is 15.5 Å². The Bertz CT molecular complexity index is 789. The molecule has 0 aliphatic heterocycles. The highest BCUT2D eigenvalue weighted by atomic mass is 35.5. The molecule has 0 fully saturated rings. The smallest absolute Gasteiger partial charge is 0.252 e. The van der Waals surface area contributed by atoms with Crippen LogP contribution in [0.2, 0.25) is 0 Å². The average molecular weight is 342 g/mol. The maximum absolute atomic E-state index is 11.9. The van der Waals surface area contributed by atoms with E-state index in [1.54, 1.807) is 31.3 Å². The van der Waals surface area contributed by atoms with Gasteiger partial charge in [0.2, 0.25) is 0 Å². The topological polar surface area (TPSA) is 64.1 Å². The molecule has 0 bridgehead atoms. The molecule has 1 heterocycles. The van der Waals surface area contributed by atoms with E-state index >= 15 is 0 Å². The van der Waals surface area contributed by atoms with Crippen molar-refractivity contribution >= 4 is 38.4 Å². The summed E-state index contributed by atoms with van der Waals surface area (Å²) in [6.45, 7) is 1.71. The van der Waals surface area contributed by atoms with E-state index in [2.05, 4.69) is 4.98 Å². The summed E-state index contributed by atoms with van der Waals surface area (Å²) in [6.07, 6.45) is 2.73. The highest BCUT2D eigenvalue weighted by Gasteiger charge is 2.19. The second-order valence-corrected chi connectivity index (χ2v) is 7.82. The summed E-state index contributed by atoms with van der Waals surface area (Å²) in [5.74, 6) is 0. The van der Waals surface area contributed by atoms with E-state index in [1.165, 1.54) is 17.8 Å². The van der Waals surface area contributed by atoms with Crippen molar-refractivity contribution in [3.63, 3.8) is 0 Å². The molecule has 0 aliphatic rings. The molecule has 0 saturated carbocycles. The lowest BCUT2D eigenvalue weighted by Crippen LogP contribution is -2.04. The lowest BCUT2D eigenvalue weighted by molar-refractivity contribution is 0.108. The van der Waals surface area contributed by atoms with E-state index in [0.717, 1.165) is 6.26 Å². The number of aromatic nitrogens is 1. The average Bonchev–Trinajstić information content (AvgIpc) is 2.38. The number of hydrogen-bond acceptors (Lipinski definition) is 5. The molecule has 110 valence electrons. The molecule has 0 aliphatic carbocycles. The van der Waals surface area contributed by atoms with Crippen LogP contribution in [-0.2, 0) is 9.84 Å². The molecule has 0 unspecified atom stereocenters. The van der Waals surface area contributed by atoms with Crippen LogP contribution in [0.25, 0.3) is 0 Å². The van der Waals surface area contributed by atoms with Crippen molar-refractivity contribution in [3.8, 4) is 0 Å². The van der Waals surface area contributed by atoms with E-state index in [-0.39, 0.29) is 10.5 Å². The molecule has 4 nitrogen and oxygen atoms in total. The van der Waals surface area contributed by atoms with Crippen molar-refractivity contribution in [2.45, 2.75) is 21.7 Å². The molecule has 0 radical (unpaired) electrons. The van der Waals surface area contributed by atoms with Gasteiger partial charge in [0.05, 0.1) is 4.90 Å². The normalized spacial score (nSPS) is 11.4. The van der Waals surface area contributed by atoms with Gasteiger partial charge in [-0.3, -0.25) is 4.79 Å². The zero-order valence-electron chi connectivity index (χ0n) is 11.3. The highest BCUT2D eigenvalue weighted by molar-refractivity contribution is 8.00. The van der Waals surface area contributed by atoms with Crippen molar-refractivity contribution in [3.05, 3.63) is 47.7 Å². The maximum Gasteiger partial charge on any atom is 0.252 e. The summed E-state index contributed by atoms with van der Waals surface area (Å²) in [5, 5.41) is -0.00136. The highest BCUT2D eigenvalue weighted by Crippen LogP contribution is 2.34. The third kappa shape index (κ3) is 3.84. The van der Waals surface area contributed by atoms with Crippen LogP contribution in [0.15, 0.2) is 51.3 Å². The number of halogens is 1. The van der Waals surface area contributed by atoms with Gasteiger partial charge in [0.25, 0.3) is 5.24 Å². The van der Waals surface area contributed by atoms with Crippen LogP contribution in [0, 0.1) is 6.92 Å². The summed E-state index contributed by atoms with van der Waals surface area (Å²) < 4.78 is 23.9. The Morgan fingerprint density at radius 1 is 1.29 bits per heavy atom. The van der Waals surface area contributed by atoms with Gasteiger partial charge in [-0.15, -0.1) is 0 Å². The Hall–Kier alpha value is -1.37. The molecular weight excluding hydrogens is 330 g/mol. The predicted octanol–water partition coefficient (Wildman–Crippen LogP) is 3.32. The molecule has 1 aromatic heterocycles. The minimum atomic E-state index is -3.49. The monoisotopic (exact) mass is 341 g/mol. The molecule has 0 saturated heterocycles. The zero-order valence-corrected chi connectivity index (χ0v) is 13.7. The van der Waals surface area contributed by atoms with Crippen molar-refractivity contribution in [2.75, 3.05) is 6.26 Å². The first-order valence-electron chi connectivity index (χ1n) is 5.92. The van der Waals surface area contributed by atoms with Crippen LogP contribution in [0.4, 0.5) is 0 Å². The SMILES string of the molecule is Cc1cc(Sc2ccccn2)c(S(C)(=O)=O)cc1C(=O)Cl. The second-order valence-electron chi connectivity index (χ2n) is 4.43. The second kappa shape index (κ2) is 6.17. The van der Waals surface area contributed by atoms with E-state index in [4.69, 9.17) is 11.6 Å². The van der Waals surface area contributed by atoms with Crippen LogP contribution >= 0.6 is 23.4 Å². The van der Waals surface area contributed by atoms with Gasteiger partial charge in [0, 0.05) is 22.9 Å². The van der Waals surface area contributed by atoms with E-state index in [9.17, 15) is 13.2 Å². The van der Waals surface area contributed by atoms with Crippen LogP contribution in [0.1, 0.15) is 15.9 Å². The summed E-state index contributed by atoms with van der Waals surface area (Å²) in [7, 11) is -3.49. The first-order chi connectivity index (χ1) is 9.79. The molecule has 2 aromatic rings. The third-order valence-corrected chi connectivity index (χ3v) is 5.23. The maximum atomic E-state index is 11.9. The van der Waals surface area contributed by atoms with Gasteiger partial charge in [-0.25, -0.2) is 13.4 Å². The first kappa shape index (κ1) is 16.0. The summed E-state index contributed by atoms with van der Waals surface area (Å²) in [5.41, 5.74) is 0.822. The number of carbonyl (C=O) groups is 1. The Kier molecular flexibility index (Phi) is 4.70. The number of aryl methyl sites for hydroxylation is 1. The molecule has 0 atom stereocenters. The fourth-order valence-electron chi connectivity index (χ4n) is 1.76. The Morgan fingerprint density at radius 2 is 2.00 bits per heavy atom. The van der Waals surface area contributed by atoms with Crippen LogP contribution in [-0.4, -0.2) is 24.9 Å². The van der Waals surface area contributed by atoms with Gasteiger partial charge < -0.3 is 0 Å². The molecule has 0 N–H and O–H groups in total. The van der Waals surface area contributed by atoms with Crippen molar-refractivity contribution in [1.82, 2.24) is 4.98 Å². The van der Waals surface area contributed by atoms with Crippen LogP contribution in [0.3, 0.4) is 0 Å². The minimum Gasteiger partial charge on any atom is -0.276 e. The number of benzene rings is 1. The first-order valence-corrected chi connectivity index (χ1v) is 9.01. The van der Waals surface area contributed by atoms with Gasteiger partial charge >= 0.3 is 0 Å². The number of carbonyl (C=O) groups excluding carboxylic acids is 1. The summed E-state index contributed by atoms with van der Waals surface area (Å²) in [6, 6.07) is 8.35. The number of hydrogen-bond donors (Lipinski definition) is 0. The summed E-state index contributed by atoms with van der Waals surface area (Å²) >= 11 is 6.72. The predicted molar refractivity (Wildman–Crippen MR) is 82.8 cm³/mol. The molecule has 0 spiro atoms. The van der Waals surface area contributed by atoms with Gasteiger partial charge in [-0.2, -0.15) is 0 Å². The largest absolute Gasteiger partial charge is 0.276 e. The number of sulfone groups is 1. The Morgan fingerprint density at radius 3 is 2.52 bits per heavy atom. The van der Waals surface area contributed by atoms with Gasteiger partial charge in [-0.1, -0.05) is 17.8 Å². The minimum absolute atomic E-state index is 0.0766. The summed E-state index contributed by atoms with van der Waals surface area (Å²) in [4.78, 5) is 16.1. The number of rotatable bonds is 4. The van der Waals surface area contributed by atoms with E-state index in [1.807, 2.05) is 6.07 Å². The quantitative estimate of drug-likeness (QED) is 0.798. The molecule has 0 amide bonds. The Balaban J connectivity index is 2.59. The van der Waals surface area contributed by atoms with Crippen molar-refractivity contribution in [1.29, 1.82) is 0 Å². The lowest BCUT2D eigenvalue weighted by Gasteiger charge is -2.11. The zero-order chi connectivity index (χ0) is 15.6. The molecule has 1 aromatic carbocycles. The molecular formula is C14H12ClNO3S2. The number of nitrogens with zero attached hydrogens (tertiary/aromatic N) is 1.